The van der Waals surface area contributed by atoms with Crippen LogP contribution in [0, 0.1) is 5.92 Å². The number of rotatable bonds is 12. The van der Waals surface area contributed by atoms with Gasteiger partial charge in [-0.1, -0.05) is 42.6 Å². The molecule has 1 aromatic heterocycles. The fourth-order valence-corrected chi connectivity index (χ4v) is 10.2. The Morgan fingerprint density at radius 3 is 2.70 bits per heavy atom. The van der Waals surface area contributed by atoms with Crippen LogP contribution >= 0.6 is 0 Å². The predicted molar refractivity (Wildman–Crippen MR) is 169 cm³/mol. The summed E-state index contributed by atoms with van der Waals surface area (Å²) in [6.45, 7) is 8.62. The Morgan fingerprint density at radius 2 is 2.02 bits per heavy atom. The summed E-state index contributed by atoms with van der Waals surface area (Å²) in [5.41, 5.74) is 2.70. The van der Waals surface area contributed by atoms with E-state index in [1.165, 1.54) is 5.19 Å². The zero-order valence-electron chi connectivity index (χ0n) is 25.9. The number of nitrogens with one attached hydrogen (secondary N) is 2. The molecule has 2 aromatic carbocycles. The number of fused-ring (bicyclic) bond motifs is 1. The molecule has 0 aliphatic carbocycles. The van der Waals surface area contributed by atoms with Gasteiger partial charge in [0.15, 0.2) is 0 Å². The van der Waals surface area contributed by atoms with E-state index in [1.54, 1.807) is 14.2 Å². The minimum absolute atomic E-state index is 0.00312. The quantitative estimate of drug-likeness (QED) is 0.267. The van der Waals surface area contributed by atoms with Gasteiger partial charge < -0.3 is 30.0 Å². The Morgan fingerprint density at radius 1 is 1.23 bits per heavy atom. The number of aliphatic hydroxyl groups excluding tert-OH is 1. The molecule has 2 aliphatic rings. The fourth-order valence-electron chi connectivity index (χ4n) is 6.71. The van der Waals surface area contributed by atoms with Gasteiger partial charge in [0.2, 0.25) is 5.91 Å². The number of hydrogen-bond acceptors (Lipinski definition) is 8. The number of ether oxygens (including phenoxy) is 3. The molecule has 2 aliphatic heterocycles. The van der Waals surface area contributed by atoms with E-state index in [0.717, 1.165) is 54.3 Å². The summed E-state index contributed by atoms with van der Waals surface area (Å²) in [5.74, 6) is 1.68. The first kappa shape index (κ1) is 31.2. The van der Waals surface area contributed by atoms with Gasteiger partial charge in [-0.3, -0.25) is 9.48 Å². The molecule has 1 saturated heterocycles. The van der Waals surface area contributed by atoms with Gasteiger partial charge in [-0.05, 0) is 61.7 Å². The summed E-state index contributed by atoms with van der Waals surface area (Å²) in [5, 5.41) is 25.5. The summed E-state index contributed by atoms with van der Waals surface area (Å²) < 4.78 is 20.4. The Kier molecular flexibility index (Phi) is 9.85. The molecular weight excluding hydrogens is 562 g/mol. The molecule has 11 heteroatoms. The van der Waals surface area contributed by atoms with E-state index in [1.807, 2.05) is 41.2 Å². The van der Waals surface area contributed by atoms with E-state index in [2.05, 4.69) is 53.1 Å². The fraction of sp³-hybridized carbons (Fsp3) is 0.531. The third kappa shape index (κ3) is 6.80. The molecule has 1 fully saturated rings. The van der Waals surface area contributed by atoms with Gasteiger partial charge in [-0.25, -0.2) is 0 Å². The first-order chi connectivity index (χ1) is 20.7. The maximum Gasteiger partial charge on any atom is 0.241 e. The minimum atomic E-state index is -2.15. The van der Waals surface area contributed by atoms with Crippen LogP contribution in [0.15, 0.2) is 48.7 Å². The monoisotopic (exact) mass is 607 g/mol. The van der Waals surface area contributed by atoms with Crippen molar-refractivity contribution in [3.05, 3.63) is 59.9 Å². The summed E-state index contributed by atoms with van der Waals surface area (Å²) in [6, 6.07) is 14.2. The van der Waals surface area contributed by atoms with Gasteiger partial charge in [0.1, 0.15) is 17.6 Å². The molecule has 232 valence electrons. The Bertz CT molecular complexity index is 1370. The molecule has 3 aromatic rings. The largest absolute Gasteiger partial charge is 0.497 e. The van der Waals surface area contributed by atoms with Crippen LogP contribution in [-0.4, -0.2) is 73.6 Å². The van der Waals surface area contributed by atoms with Gasteiger partial charge in [0.25, 0.3) is 0 Å². The van der Waals surface area contributed by atoms with E-state index >= 15 is 0 Å². The summed E-state index contributed by atoms with van der Waals surface area (Å²) >= 11 is 0. The standard InChI is InChI=1S/C32H45N5O5Si/c1-21-30(41-3)26-19-22(34-32(39)27-7-6-16-33-27)8-13-28(26)42-31(21)29(14-17-37-20-23(15-18-38)35-36-37)43(4,5)25-11-9-24(40-2)10-12-25/h8-13,19-21,27,29-31,33,38H,6-7,14-18H2,1-5H3,(H,34,39)/t21-,27-,29?,30-,31-/m1/s1. The molecule has 3 heterocycles. The topological polar surface area (TPSA) is 120 Å². The number of benzene rings is 2. The van der Waals surface area contributed by atoms with E-state index in [-0.39, 0.29) is 42.2 Å². The lowest BCUT2D eigenvalue weighted by Crippen LogP contribution is -2.54. The van der Waals surface area contributed by atoms with Crippen LogP contribution in [0.5, 0.6) is 11.5 Å². The Balaban J connectivity index is 1.44. The molecule has 5 atom stereocenters. The number of carbonyl (C=O) groups excluding carboxylic acids is 1. The zero-order valence-corrected chi connectivity index (χ0v) is 26.9. The summed E-state index contributed by atoms with van der Waals surface area (Å²) in [4.78, 5) is 12.8. The van der Waals surface area contributed by atoms with Crippen LogP contribution in [0.2, 0.25) is 18.6 Å². The molecule has 1 amide bonds. The smallest absolute Gasteiger partial charge is 0.241 e. The zero-order chi connectivity index (χ0) is 30.6. The number of hydrogen-bond donors (Lipinski definition) is 3. The molecule has 43 heavy (non-hydrogen) atoms. The molecule has 10 nitrogen and oxygen atoms in total. The van der Waals surface area contributed by atoms with Crippen molar-refractivity contribution in [2.75, 3.05) is 32.7 Å². The first-order valence-electron chi connectivity index (χ1n) is 15.3. The third-order valence-electron chi connectivity index (χ3n) is 9.25. The van der Waals surface area contributed by atoms with E-state index in [4.69, 9.17) is 14.2 Å². The minimum Gasteiger partial charge on any atom is -0.497 e. The van der Waals surface area contributed by atoms with Crippen LogP contribution in [0.4, 0.5) is 5.69 Å². The van der Waals surface area contributed by atoms with Gasteiger partial charge in [-0.15, -0.1) is 5.10 Å². The van der Waals surface area contributed by atoms with Crippen LogP contribution in [0.3, 0.4) is 0 Å². The first-order valence-corrected chi connectivity index (χ1v) is 18.3. The highest BCUT2D eigenvalue weighted by atomic mass is 28.3. The van der Waals surface area contributed by atoms with Crippen LogP contribution in [0.25, 0.3) is 0 Å². The average Bonchev–Trinajstić information content (AvgIpc) is 3.71. The second kappa shape index (κ2) is 13.6. The van der Waals surface area contributed by atoms with Crippen molar-refractivity contribution >= 4 is 24.9 Å². The molecule has 0 spiro atoms. The number of aryl methyl sites for hydroxylation is 1. The maximum absolute atomic E-state index is 12.8. The van der Waals surface area contributed by atoms with Crippen molar-refractivity contribution in [2.45, 2.75) is 76.0 Å². The molecule has 5 rings (SSSR count). The predicted octanol–water partition coefficient (Wildman–Crippen LogP) is 3.67. The number of aliphatic hydroxyl groups is 1. The van der Waals surface area contributed by atoms with E-state index in [0.29, 0.717) is 13.0 Å². The normalized spacial score (nSPS) is 22.5. The number of amides is 1. The molecule has 0 saturated carbocycles. The third-order valence-corrected chi connectivity index (χ3v) is 13.5. The van der Waals surface area contributed by atoms with Gasteiger partial charge in [-0.2, -0.15) is 0 Å². The van der Waals surface area contributed by atoms with Crippen LogP contribution < -0.4 is 25.3 Å². The van der Waals surface area contributed by atoms with Crippen LogP contribution in [-0.2, 0) is 22.5 Å². The maximum atomic E-state index is 12.8. The van der Waals surface area contributed by atoms with Gasteiger partial charge in [0.05, 0.1) is 33.0 Å². The van der Waals surface area contributed by atoms with Gasteiger partial charge in [0, 0.05) is 50.0 Å². The number of aromatic nitrogens is 3. The summed E-state index contributed by atoms with van der Waals surface area (Å²) in [6.07, 6.45) is 4.82. The number of carbonyl (C=O) groups is 1. The van der Waals surface area contributed by atoms with Crippen molar-refractivity contribution in [3.8, 4) is 11.5 Å². The second-order valence-corrected chi connectivity index (χ2v) is 17.0. The number of anilines is 1. The lowest BCUT2D eigenvalue weighted by atomic mass is 9.86. The lowest BCUT2D eigenvalue weighted by molar-refractivity contribution is -0.117. The molecule has 0 bridgehead atoms. The van der Waals surface area contributed by atoms with Crippen LogP contribution in [0.1, 0.15) is 43.5 Å². The van der Waals surface area contributed by atoms with Crippen molar-refractivity contribution < 1.29 is 24.1 Å². The Hall–Kier alpha value is -3.25. The van der Waals surface area contributed by atoms with Crippen molar-refractivity contribution in [3.63, 3.8) is 0 Å². The van der Waals surface area contributed by atoms with Crippen molar-refractivity contribution in [1.82, 2.24) is 20.3 Å². The summed E-state index contributed by atoms with van der Waals surface area (Å²) in [7, 11) is 1.29. The molecule has 0 radical (unpaired) electrons. The Labute approximate surface area is 255 Å². The van der Waals surface area contributed by atoms with Gasteiger partial charge >= 0.3 is 0 Å². The van der Waals surface area contributed by atoms with Crippen molar-refractivity contribution in [1.29, 1.82) is 0 Å². The highest BCUT2D eigenvalue weighted by Gasteiger charge is 2.47. The molecule has 3 N–H and O–H groups in total. The SMILES string of the molecule is COc1ccc([Si](C)(C)C(CCn2cc(CCO)nn2)[C@@H]2Oc3ccc(NC(=O)[C@H]4CCCN4)cc3[C@H](OC)[C@H]2C)cc1. The molecular formula is C32H45N5O5Si. The second-order valence-electron chi connectivity index (χ2n) is 12.3. The average molecular weight is 608 g/mol. The number of methoxy groups -OCH3 is 2. The van der Waals surface area contributed by atoms with E-state index < -0.39 is 8.07 Å². The highest BCUT2D eigenvalue weighted by Crippen LogP contribution is 2.47. The lowest BCUT2D eigenvalue weighted by Gasteiger charge is -2.46. The highest BCUT2D eigenvalue weighted by molar-refractivity contribution is 6.91. The molecule has 1 unspecified atom stereocenters. The number of nitrogens with zero attached hydrogens (tertiary/aromatic N) is 3. The van der Waals surface area contributed by atoms with Crippen molar-refractivity contribution in [2.24, 2.45) is 5.92 Å². The van der Waals surface area contributed by atoms with E-state index in [9.17, 15) is 9.90 Å².